The molecule has 2 amide bonds. The van der Waals surface area contributed by atoms with Gasteiger partial charge in [-0.2, -0.15) is 0 Å². The van der Waals surface area contributed by atoms with E-state index >= 15 is 0 Å². The molecule has 1 aliphatic rings. The van der Waals surface area contributed by atoms with Crippen LogP contribution in [0.4, 0.5) is 0 Å². The second-order valence-corrected chi connectivity index (χ2v) is 7.36. The van der Waals surface area contributed by atoms with Crippen molar-refractivity contribution in [3.63, 3.8) is 0 Å². The summed E-state index contributed by atoms with van der Waals surface area (Å²) >= 11 is 11.9. The lowest BCUT2D eigenvalue weighted by Gasteiger charge is -2.34. The first-order chi connectivity index (χ1) is 11.3. The lowest BCUT2D eigenvalue weighted by atomic mass is 9.81. The number of amides is 2. The largest absolute Gasteiger partial charge is 0.354 e. The molecular formula is C17H23Cl2N3O2. The maximum absolute atomic E-state index is 12.3. The zero-order chi connectivity index (χ0) is 17.7. The van der Waals surface area contributed by atoms with Crippen LogP contribution in [0, 0.1) is 5.41 Å². The van der Waals surface area contributed by atoms with Crippen LogP contribution in [0.15, 0.2) is 18.2 Å². The molecule has 1 fully saturated rings. The predicted molar refractivity (Wildman–Crippen MR) is 96.6 cm³/mol. The summed E-state index contributed by atoms with van der Waals surface area (Å²) in [5.74, 6) is -0.625. The highest BCUT2D eigenvalue weighted by Gasteiger charge is 2.28. The summed E-state index contributed by atoms with van der Waals surface area (Å²) in [6, 6.07) is 4.17. The third-order valence-electron chi connectivity index (χ3n) is 4.44. The van der Waals surface area contributed by atoms with Crippen molar-refractivity contribution in [3.05, 3.63) is 33.8 Å². The number of benzene rings is 1. The Balaban J connectivity index is 1.89. The van der Waals surface area contributed by atoms with Crippen LogP contribution in [0.2, 0.25) is 10.0 Å². The monoisotopic (exact) mass is 371 g/mol. The minimum Gasteiger partial charge on any atom is -0.354 e. The SMILES string of the molecule is CC(NC(=O)c1cccc(Cl)c1Cl)C(=O)NCC1(C)CCNCC1. The molecule has 1 aromatic rings. The van der Waals surface area contributed by atoms with Crippen LogP contribution in [0.25, 0.3) is 0 Å². The Morgan fingerprint density at radius 1 is 1.29 bits per heavy atom. The minimum atomic E-state index is -0.655. The highest BCUT2D eigenvalue weighted by Crippen LogP contribution is 2.27. The zero-order valence-corrected chi connectivity index (χ0v) is 15.4. The number of carbonyl (C=O) groups excluding carboxylic acids is 2. The lowest BCUT2D eigenvalue weighted by Crippen LogP contribution is -2.49. The van der Waals surface area contributed by atoms with Crippen LogP contribution in [0.3, 0.4) is 0 Å². The molecule has 0 saturated carbocycles. The van der Waals surface area contributed by atoms with Crippen molar-refractivity contribution in [2.45, 2.75) is 32.7 Å². The molecule has 1 heterocycles. The summed E-state index contributed by atoms with van der Waals surface area (Å²) in [6.45, 7) is 6.35. The second kappa shape index (κ2) is 8.19. The molecular weight excluding hydrogens is 349 g/mol. The molecule has 3 N–H and O–H groups in total. The fourth-order valence-corrected chi connectivity index (χ4v) is 3.07. The van der Waals surface area contributed by atoms with E-state index < -0.39 is 11.9 Å². The quantitative estimate of drug-likeness (QED) is 0.744. The van der Waals surface area contributed by atoms with Crippen molar-refractivity contribution in [1.29, 1.82) is 0 Å². The Labute approximate surface area is 152 Å². The van der Waals surface area contributed by atoms with Gasteiger partial charge in [0, 0.05) is 6.54 Å². The number of hydrogen-bond donors (Lipinski definition) is 3. The van der Waals surface area contributed by atoms with Crippen molar-refractivity contribution in [1.82, 2.24) is 16.0 Å². The standard InChI is InChI=1S/C17H23Cl2N3O2/c1-11(15(23)21-10-17(2)6-8-20-9-7-17)22-16(24)12-4-3-5-13(18)14(12)19/h3-5,11,20H,6-10H2,1-2H3,(H,21,23)(H,22,24). The van der Waals surface area contributed by atoms with Gasteiger partial charge in [-0.1, -0.05) is 36.2 Å². The Morgan fingerprint density at radius 2 is 1.96 bits per heavy atom. The average molecular weight is 372 g/mol. The summed E-state index contributed by atoms with van der Waals surface area (Å²) in [6.07, 6.45) is 2.04. The Kier molecular flexibility index (Phi) is 6.49. The zero-order valence-electron chi connectivity index (χ0n) is 13.9. The molecule has 7 heteroatoms. The Bertz CT molecular complexity index is 616. The molecule has 5 nitrogen and oxygen atoms in total. The van der Waals surface area contributed by atoms with Gasteiger partial charge in [0.05, 0.1) is 15.6 Å². The molecule has 0 aliphatic carbocycles. The molecule has 0 bridgehead atoms. The maximum Gasteiger partial charge on any atom is 0.253 e. The second-order valence-electron chi connectivity index (χ2n) is 6.57. The maximum atomic E-state index is 12.3. The fraction of sp³-hybridized carbons (Fsp3) is 0.529. The van der Waals surface area contributed by atoms with Gasteiger partial charge in [0.2, 0.25) is 5.91 Å². The van der Waals surface area contributed by atoms with Gasteiger partial charge in [-0.3, -0.25) is 9.59 Å². The third-order valence-corrected chi connectivity index (χ3v) is 5.26. The van der Waals surface area contributed by atoms with E-state index in [2.05, 4.69) is 22.9 Å². The van der Waals surface area contributed by atoms with Gasteiger partial charge < -0.3 is 16.0 Å². The summed E-state index contributed by atoms with van der Waals surface area (Å²) in [7, 11) is 0. The predicted octanol–water partition coefficient (Wildman–Crippen LogP) is 2.62. The van der Waals surface area contributed by atoms with Crippen molar-refractivity contribution in [3.8, 4) is 0 Å². The average Bonchev–Trinajstić information content (AvgIpc) is 2.55. The minimum absolute atomic E-state index is 0.0981. The van der Waals surface area contributed by atoms with Crippen molar-refractivity contribution in [2.75, 3.05) is 19.6 Å². The van der Waals surface area contributed by atoms with Crippen LogP contribution in [0.1, 0.15) is 37.0 Å². The summed E-state index contributed by atoms with van der Waals surface area (Å²) in [4.78, 5) is 24.5. The van der Waals surface area contributed by atoms with E-state index in [0.717, 1.165) is 25.9 Å². The van der Waals surface area contributed by atoms with E-state index in [1.54, 1.807) is 25.1 Å². The number of carbonyl (C=O) groups is 2. The molecule has 1 aliphatic heterocycles. The Hall–Kier alpha value is -1.30. The van der Waals surface area contributed by atoms with Crippen LogP contribution >= 0.6 is 23.2 Å². The molecule has 132 valence electrons. The molecule has 1 saturated heterocycles. The van der Waals surface area contributed by atoms with E-state index in [4.69, 9.17) is 23.2 Å². The normalized spacial score (nSPS) is 17.8. The number of piperidine rings is 1. The molecule has 1 atom stereocenters. The molecule has 0 aromatic heterocycles. The summed E-state index contributed by atoms with van der Waals surface area (Å²) in [5, 5.41) is 9.40. The number of halogens is 2. The molecule has 1 aromatic carbocycles. The van der Waals surface area contributed by atoms with Crippen molar-refractivity contribution < 1.29 is 9.59 Å². The lowest BCUT2D eigenvalue weighted by molar-refractivity contribution is -0.123. The van der Waals surface area contributed by atoms with Gasteiger partial charge in [-0.15, -0.1) is 0 Å². The van der Waals surface area contributed by atoms with E-state index in [-0.39, 0.29) is 21.9 Å². The third kappa shape index (κ3) is 4.85. The van der Waals surface area contributed by atoms with Gasteiger partial charge in [-0.05, 0) is 50.4 Å². The first-order valence-corrected chi connectivity index (χ1v) is 8.81. The van der Waals surface area contributed by atoms with Crippen molar-refractivity contribution >= 4 is 35.0 Å². The smallest absolute Gasteiger partial charge is 0.253 e. The molecule has 0 spiro atoms. The Morgan fingerprint density at radius 3 is 2.62 bits per heavy atom. The first kappa shape index (κ1) is 19.0. The molecule has 0 radical (unpaired) electrons. The van der Waals surface area contributed by atoms with Gasteiger partial charge in [0.25, 0.3) is 5.91 Å². The molecule has 24 heavy (non-hydrogen) atoms. The highest BCUT2D eigenvalue weighted by atomic mass is 35.5. The van der Waals surface area contributed by atoms with Crippen LogP contribution in [-0.2, 0) is 4.79 Å². The van der Waals surface area contributed by atoms with Gasteiger partial charge in [0.1, 0.15) is 6.04 Å². The van der Waals surface area contributed by atoms with Crippen molar-refractivity contribution in [2.24, 2.45) is 5.41 Å². The summed E-state index contributed by atoms with van der Waals surface area (Å²) in [5.41, 5.74) is 0.357. The number of nitrogens with one attached hydrogen (secondary N) is 3. The van der Waals surface area contributed by atoms with Gasteiger partial charge in [0.15, 0.2) is 0 Å². The molecule has 2 rings (SSSR count). The van der Waals surface area contributed by atoms with E-state index in [0.29, 0.717) is 11.6 Å². The van der Waals surface area contributed by atoms with E-state index in [1.165, 1.54) is 0 Å². The summed E-state index contributed by atoms with van der Waals surface area (Å²) < 4.78 is 0. The van der Waals surface area contributed by atoms with E-state index in [9.17, 15) is 9.59 Å². The number of hydrogen-bond acceptors (Lipinski definition) is 3. The van der Waals surface area contributed by atoms with Gasteiger partial charge >= 0.3 is 0 Å². The van der Waals surface area contributed by atoms with E-state index in [1.807, 2.05) is 0 Å². The molecule has 1 unspecified atom stereocenters. The topological polar surface area (TPSA) is 70.2 Å². The van der Waals surface area contributed by atoms with Crippen LogP contribution in [-0.4, -0.2) is 37.5 Å². The fourth-order valence-electron chi connectivity index (χ4n) is 2.68. The highest BCUT2D eigenvalue weighted by molar-refractivity contribution is 6.43. The van der Waals surface area contributed by atoms with Crippen LogP contribution in [0.5, 0.6) is 0 Å². The van der Waals surface area contributed by atoms with Crippen LogP contribution < -0.4 is 16.0 Å². The first-order valence-electron chi connectivity index (χ1n) is 8.06. The number of rotatable bonds is 5. The van der Waals surface area contributed by atoms with Gasteiger partial charge in [-0.25, -0.2) is 0 Å².